The lowest BCUT2D eigenvalue weighted by Crippen LogP contribution is -2.43. The van der Waals surface area contributed by atoms with Crippen molar-refractivity contribution in [2.24, 2.45) is 18.0 Å². The van der Waals surface area contributed by atoms with Crippen LogP contribution in [0.3, 0.4) is 0 Å². The molecule has 0 radical (unpaired) electrons. The van der Waals surface area contributed by atoms with Gasteiger partial charge in [0, 0.05) is 46.0 Å². The zero-order valence-electron chi connectivity index (χ0n) is 20.3. The number of hydrogen-bond donors (Lipinski definition) is 1. The summed E-state index contributed by atoms with van der Waals surface area (Å²) in [6, 6.07) is 0. The third-order valence-corrected chi connectivity index (χ3v) is 6.15. The molecule has 1 fully saturated rings. The SMILES string of the molecule is CN=C(NCC1CCN(Cc2nc(C)c(C)o2)CC1)N(C)Cc1cn(C)nc1C(C)C. The second kappa shape index (κ2) is 10.3. The van der Waals surface area contributed by atoms with Gasteiger partial charge in [0.2, 0.25) is 5.89 Å². The highest BCUT2D eigenvalue weighted by molar-refractivity contribution is 5.79. The number of aromatic nitrogens is 3. The first-order valence-corrected chi connectivity index (χ1v) is 11.4. The van der Waals surface area contributed by atoms with E-state index in [0.717, 1.165) is 61.7 Å². The Morgan fingerprint density at radius 1 is 1.32 bits per heavy atom. The van der Waals surface area contributed by atoms with Gasteiger partial charge in [0.15, 0.2) is 5.96 Å². The maximum atomic E-state index is 5.74. The van der Waals surface area contributed by atoms with Gasteiger partial charge in [-0.3, -0.25) is 14.6 Å². The molecule has 0 aliphatic carbocycles. The van der Waals surface area contributed by atoms with Gasteiger partial charge >= 0.3 is 0 Å². The van der Waals surface area contributed by atoms with E-state index < -0.39 is 0 Å². The molecule has 2 aromatic rings. The molecule has 0 bridgehead atoms. The van der Waals surface area contributed by atoms with Crippen molar-refractivity contribution in [2.75, 3.05) is 33.7 Å². The molecule has 0 atom stereocenters. The lowest BCUT2D eigenvalue weighted by Gasteiger charge is -2.32. The molecule has 0 aromatic carbocycles. The van der Waals surface area contributed by atoms with E-state index in [1.807, 2.05) is 32.6 Å². The van der Waals surface area contributed by atoms with Crippen LogP contribution in [0.25, 0.3) is 0 Å². The highest BCUT2D eigenvalue weighted by Gasteiger charge is 2.22. The van der Waals surface area contributed by atoms with Crippen LogP contribution < -0.4 is 5.32 Å². The minimum atomic E-state index is 0.411. The van der Waals surface area contributed by atoms with Gasteiger partial charge in [-0.05, 0) is 51.6 Å². The van der Waals surface area contributed by atoms with Crippen molar-refractivity contribution in [3.63, 3.8) is 0 Å². The van der Waals surface area contributed by atoms with E-state index in [-0.39, 0.29) is 0 Å². The Kier molecular flexibility index (Phi) is 7.75. The van der Waals surface area contributed by atoms with Crippen LogP contribution in [0.15, 0.2) is 15.6 Å². The molecular formula is C23H39N7O. The molecular weight excluding hydrogens is 390 g/mol. The van der Waals surface area contributed by atoms with Crippen molar-refractivity contribution in [1.29, 1.82) is 0 Å². The number of hydrogen-bond acceptors (Lipinski definition) is 5. The minimum absolute atomic E-state index is 0.411. The number of oxazole rings is 1. The predicted molar refractivity (Wildman–Crippen MR) is 124 cm³/mol. The van der Waals surface area contributed by atoms with Gasteiger partial charge in [-0.15, -0.1) is 0 Å². The van der Waals surface area contributed by atoms with Crippen LogP contribution in [0.2, 0.25) is 0 Å². The molecule has 0 amide bonds. The molecule has 0 unspecified atom stereocenters. The monoisotopic (exact) mass is 429 g/mol. The van der Waals surface area contributed by atoms with Gasteiger partial charge in [-0.1, -0.05) is 13.8 Å². The lowest BCUT2D eigenvalue weighted by molar-refractivity contribution is 0.163. The Morgan fingerprint density at radius 3 is 2.61 bits per heavy atom. The molecule has 3 heterocycles. The topological polar surface area (TPSA) is 74.7 Å². The van der Waals surface area contributed by atoms with E-state index in [9.17, 15) is 0 Å². The van der Waals surface area contributed by atoms with E-state index in [1.165, 1.54) is 18.4 Å². The van der Waals surface area contributed by atoms with Crippen LogP contribution in [-0.4, -0.2) is 64.3 Å². The Morgan fingerprint density at radius 2 is 2.03 bits per heavy atom. The maximum Gasteiger partial charge on any atom is 0.208 e. The quantitative estimate of drug-likeness (QED) is 0.539. The van der Waals surface area contributed by atoms with Gasteiger partial charge in [-0.2, -0.15) is 5.10 Å². The number of rotatable bonds is 7. The third-order valence-electron chi connectivity index (χ3n) is 6.15. The second-order valence-electron chi connectivity index (χ2n) is 9.12. The van der Waals surface area contributed by atoms with Crippen LogP contribution in [-0.2, 0) is 20.1 Å². The molecule has 0 saturated carbocycles. The normalized spacial score (nSPS) is 16.3. The average molecular weight is 430 g/mol. The van der Waals surface area contributed by atoms with Crippen LogP contribution >= 0.6 is 0 Å². The summed E-state index contributed by atoms with van der Waals surface area (Å²) in [7, 11) is 5.93. The Hall–Kier alpha value is -2.35. The van der Waals surface area contributed by atoms with Crippen LogP contribution in [0.5, 0.6) is 0 Å². The minimum Gasteiger partial charge on any atom is -0.444 e. The summed E-state index contributed by atoms with van der Waals surface area (Å²) in [6.45, 7) is 13.1. The first kappa shape index (κ1) is 23.3. The van der Waals surface area contributed by atoms with Crippen molar-refractivity contribution in [2.45, 2.75) is 59.5 Å². The first-order valence-electron chi connectivity index (χ1n) is 11.4. The van der Waals surface area contributed by atoms with Crippen molar-refractivity contribution in [1.82, 2.24) is 29.9 Å². The number of likely N-dealkylation sites (tertiary alicyclic amines) is 1. The Balaban J connectivity index is 1.45. The van der Waals surface area contributed by atoms with Gasteiger partial charge < -0.3 is 14.6 Å². The summed E-state index contributed by atoms with van der Waals surface area (Å²) >= 11 is 0. The number of aliphatic imine (C=N–C) groups is 1. The zero-order valence-corrected chi connectivity index (χ0v) is 20.3. The van der Waals surface area contributed by atoms with Crippen LogP contribution in [0.4, 0.5) is 0 Å². The molecule has 1 N–H and O–H groups in total. The number of guanidine groups is 1. The zero-order chi connectivity index (χ0) is 22.5. The van der Waals surface area contributed by atoms with Crippen molar-refractivity contribution >= 4 is 5.96 Å². The molecule has 31 heavy (non-hydrogen) atoms. The smallest absolute Gasteiger partial charge is 0.208 e. The summed E-state index contributed by atoms with van der Waals surface area (Å²) in [5.41, 5.74) is 3.42. The molecule has 1 saturated heterocycles. The van der Waals surface area contributed by atoms with Gasteiger partial charge in [0.25, 0.3) is 0 Å². The fourth-order valence-electron chi connectivity index (χ4n) is 4.26. The summed E-state index contributed by atoms with van der Waals surface area (Å²) < 4.78 is 7.65. The highest BCUT2D eigenvalue weighted by Crippen LogP contribution is 2.20. The second-order valence-corrected chi connectivity index (χ2v) is 9.12. The molecule has 0 spiro atoms. The number of nitrogens with one attached hydrogen (secondary N) is 1. The fraction of sp³-hybridized carbons (Fsp3) is 0.696. The summed E-state index contributed by atoms with van der Waals surface area (Å²) in [4.78, 5) is 13.7. The molecule has 172 valence electrons. The largest absolute Gasteiger partial charge is 0.444 e. The Labute approximate surface area is 186 Å². The molecule has 3 rings (SSSR count). The summed E-state index contributed by atoms with van der Waals surface area (Å²) in [6.07, 6.45) is 4.46. The predicted octanol–water partition coefficient (Wildman–Crippen LogP) is 3.07. The lowest BCUT2D eigenvalue weighted by atomic mass is 9.97. The standard InChI is InChI=1S/C23H39N7O/c1-16(2)22-20(14-29(7)27-22)13-28(6)23(24-5)25-12-19-8-10-30(11-9-19)15-21-26-17(3)18(4)31-21/h14,16,19H,8-13,15H2,1-7H3,(H,24,25). The van der Waals surface area contributed by atoms with E-state index >= 15 is 0 Å². The number of nitrogens with zero attached hydrogens (tertiary/aromatic N) is 6. The maximum absolute atomic E-state index is 5.74. The molecule has 1 aliphatic rings. The molecule has 8 heteroatoms. The van der Waals surface area contributed by atoms with E-state index in [4.69, 9.17) is 4.42 Å². The summed E-state index contributed by atoms with van der Waals surface area (Å²) in [5.74, 6) is 3.76. The fourth-order valence-corrected chi connectivity index (χ4v) is 4.26. The summed E-state index contributed by atoms with van der Waals surface area (Å²) in [5, 5.41) is 8.21. The first-order chi connectivity index (χ1) is 14.8. The van der Waals surface area contributed by atoms with E-state index in [2.05, 4.69) is 57.3 Å². The Bertz CT molecular complexity index is 855. The average Bonchev–Trinajstić information content (AvgIpc) is 3.24. The molecule has 1 aliphatic heterocycles. The van der Waals surface area contributed by atoms with Crippen LogP contribution in [0, 0.1) is 19.8 Å². The van der Waals surface area contributed by atoms with Crippen LogP contribution in [0.1, 0.15) is 61.2 Å². The van der Waals surface area contributed by atoms with Crippen molar-refractivity contribution in [3.05, 3.63) is 34.8 Å². The van der Waals surface area contributed by atoms with Gasteiger partial charge in [0.1, 0.15) is 5.76 Å². The third kappa shape index (κ3) is 6.09. The van der Waals surface area contributed by atoms with E-state index in [1.54, 1.807) is 0 Å². The molecule has 8 nitrogen and oxygen atoms in total. The van der Waals surface area contributed by atoms with Gasteiger partial charge in [-0.25, -0.2) is 4.98 Å². The number of piperidine rings is 1. The molecule has 2 aromatic heterocycles. The number of aryl methyl sites for hydroxylation is 3. The van der Waals surface area contributed by atoms with Gasteiger partial charge in [0.05, 0.1) is 17.9 Å². The highest BCUT2D eigenvalue weighted by atomic mass is 16.4. The van der Waals surface area contributed by atoms with Crippen molar-refractivity contribution < 1.29 is 4.42 Å². The van der Waals surface area contributed by atoms with Crippen molar-refractivity contribution in [3.8, 4) is 0 Å². The van der Waals surface area contributed by atoms with E-state index in [0.29, 0.717) is 11.8 Å².